The lowest BCUT2D eigenvalue weighted by molar-refractivity contribution is -0.136. The van der Waals surface area contributed by atoms with Crippen molar-refractivity contribution in [3.8, 4) is 11.5 Å². The maximum absolute atomic E-state index is 12.9. The molecule has 2 aromatic carbocycles. The highest BCUT2D eigenvalue weighted by Crippen LogP contribution is 2.32. The quantitative estimate of drug-likeness (QED) is 0.731. The molecule has 5 rings (SSSR count). The fourth-order valence-electron chi connectivity index (χ4n) is 4.81. The van der Waals surface area contributed by atoms with E-state index in [-0.39, 0.29) is 30.4 Å². The zero-order valence-electron chi connectivity index (χ0n) is 17.8. The Balaban J connectivity index is 1.29. The van der Waals surface area contributed by atoms with Crippen LogP contribution in [0.5, 0.6) is 11.5 Å². The van der Waals surface area contributed by atoms with E-state index < -0.39 is 11.9 Å². The Labute approximate surface area is 186 Å². The van der Waals surface area contributed by atoms with Crippen molar-refractivity contribution in [1.29, 1.82) is 0 Å². The molecule has 1 saturated carbocycles. The molecule has 32 heavy (non-hydrogen) atoms. The van der Waals surface area contributed by atoms with Crippen LogP contribution in [0.2, 0.25) is 0 Å². The molecule has 2 aliphatic heterocycles. The van der Waals surface area contributed by atoms with Crippen molar-refractivity contribution in [3.63, 3.8) is 0 Å². The Morgan fingerprint density at radius 3 is 2.28 bits per heavy atom. The summed E-state index contributed by atoms with van der Waals surface area (Å²) in [4.78, 5) is 38.1. The monoisotopic (exact) mass is 434 g/mol. The number of hydrogen-bond donors (Lipinski definition) is 1. The molecule has 0 bridgehead atoms. The van der Waals surface area contributed by atoms with E-state index in [1.54, 1.807) is 11.0 Å². The molecule has 0 radical (unpaired) electrons. The van der Waals surface area contributed by atoms with E-state index in [0.29, 0.717) is 24.3 Å². The minimum atomic E-state index is -0.612. The van der Waals surface area contributed by atoms with Crippen molar-refractivity contribution in [1.82, 2.24) is 10.2 Å². The summed E-state index contributed by atoms with van der Waals surface area (Å²) in [7, 11) is 0. The molecular weight excluding hydrogens is 408 g/mol. The van der Waals surface area contributed by atoms with Crippen LogP contribution in [0, 0.1) is 0 Å². The number of fused-ring (bicyclic) bond motifs is 1. The number of carbonyl (C=O) groups is 3. The fraction of sp³-hybridized carbons (Fsp3) is 0.400. The number of nitrogens with one attached hydrogen (secondary N) is 1. The minimum absolute atomic E-state index is 0.0268. The molecule has 0 spiro atoms. The second kappa shape index (κ2) is 8.65. The van der Waals surface area contributed by atoms with Gasteiger partial charge in [-0.15, -0.1) is 0 Å². The molecule has 2 heterocycles. The molecule has 2 fully saturated rings. The van der Waals surface area contributed by atoms with E-state index in [1.807, 2.05) is 42.5 Å². The number of benzene rings is 2. The second-order valence-electron chi connectivity index (χ2n) is 8.63. The van der Waals surface area contributed by atoms with Gasteiger partial charge in [0.25, 0.3) is 5.91 Å². The van der Waals surface area contributed by atoms with Gasteiger partial charge in [-0.05, 0) is 68.0 Å². The maximum Gasteiger partial charge on any atom is 0.255 e. The third-order valence-corrected chi connectivity index (χ3v) is 6.46. The predicted octanol–water partition coefficient (Wildman–Crippen LogP) is 3.22. The summed E-state index contributed by atoms with van der Waals surface area (Å²) in [5.41, 5.74) is 1.43. The molecule has 3 atom stereocenters. The molecule has 0 aromatic heterocycles. The molecule has 7 nitrogen and oxygen atoms in total. The number of imide groups is 1. The number of ether oxygens (including phenoxy) is 2. The largest absolute Gasteiger partial charge is 0.487 e. The highest BCUT2D eigenvalue weighted by molar-refractivity contribution is 6.05. The van der Waals surface area contributed by atoms with Crippen LogP contribution in [0.15, 0.2) is 48.5 Å². The average Bonchev–Trinajstić information content (AvgIpc) is 3.11. The number of para-hydroxylation sites is 1. The van der Waals surface area contributed by atoms with E-state index in [9.17, 15) is 14.4 Å². The normalized spacial score (nSPS) is 25.3. The smallest absolute Gasteiger partial charge is 0.255 e. The zero-order chi connectivity index (χ0) is 22.1. The summed E-state index contributed by atoms with van der Waals surface area (Å²) in [6.07, 6.45) is 4.56. The van der Waals surface area contributed by atoms with Crippen LogP contribution in [0.3, 0.4) is 0 Å². The molecule has 1 saturated heterocycles. The van der Waals surface area contributed by atoms with Gasteiger partial charge in [0.15, 0.2) is 0 Å². The SMILES string of the molecule is O=C1CCC(N2Cc3cc(O[C@H]4CCCC[C@H]4Oc4ccccc4)ccc3C2=O)C(=O)N1. The topological polar surface area (TPSA) is 84.9 Å². The third-order valence-electron chi connectivity index (χ3n) is 6.46. The van der Waals surface area contributed by atoms with Gasteiger partial charge >= 0.3 is 0 Å². The first-order valence-electron chi connectivity index (χ1n) is 11.2. The molecule has 1 unspecified atom stereocenters. The van der Waals surface area contributed by atoms with Crippen molar-refractivity contribution in [2.24, 2.45) is 0 Å². The first-order chi connectivity index (χ1) is 15.6. The average molecular weight is 434 g/mol. The van der Waals surface area contributed by atoms with Crippen LogP contribution in [0.25, 0.3) is 0 Å². The van der Waals surface area contributed by atoms with Gasteiger partial charge < -0.3 is 14.4 Å². The molecule has 166 valence electrons. The lowest BCUT2D eigenvalue weighted by Crippen LogP contribution is -2.52. The van der Waals surface area contributed by atoms with E-state index >= 15 is 0 Å². The number of carbonyl (C=O) groups excluding carboxylic acids is 3. The lowest BCUT2D eigenvalue weighted by Gasteiger charge is -2.32. The molecule has 2 aromatic rings. The van der Waals surface area contributed by atoms with Gasteiger partial charge in [0.2, 0.25) is 11.8 Å². The van der Waals surface area contributed by atoms with Crippen molar-refractivity contribution in [2.45, 2.75) is 63.3 Å². The predicted molar refractivity (Wildman–Crippen MR) is 116 cm³/mol. The van der Waals surface area contributed by atoms with Crippen molar-refractivity contribution in [3.05, 3.63) is 59.7 Å². The Hall–Kier alpha value is -3.35. The van der Waals surface area contributed by atoms with Crippen LogP contribution in [0.1, 0.15) is 54.4 Å². The summed E-state index contributed by atoms with van der Waals surface area (Å²) >= 11 is 0. The van der Waals surface area contributed by atoms with Crippen molar-refractivity contribution in [2.75, 3.05) is 0 Å². The molecular formula is C25H26N2O5. The second-order valence-corrected chi connectivity index (χ2v) is 8.63. The summed E-state index contributed by atoms with van der Waals surface area (Å²) in [6.45, 7) is 0.340. The summed E-state index contributed by atoms with van der Waals surface area (Å²) in [6, 6.07) is 14.7. The van der Waals surface area contributed by atoms with Gasteiger partial charge in [0, 0.05) is 18.5 Å². The van der Waals surface area contributed by atoms with E-state index in [4.69, 9.17) is 9.47 Å². The van der Waals surface area contributed by atoms with E-state index in [0.717, 1.165) is 37.0 Å². The maximum atomic E-state index is 12.9. The van der Waals surface area contributed by atoms with E-state index in [2.05, 4.69) is 5.32 Å². The van der Waals surface area contributed by atoms with Gasteiger partial charge in [-0.2, -0.15) is 0 Å². The number of nitrogens with zero attached hydrogens (tertiary/aromatic N) is 1. The lowest BCUT2D eigenvalue weighted by atomic mass is 9.94. The van der Waals surface area contributed by atoms with Crippen LogP contribution in [-0.2, 0) is 16.1 Å². The summed E-state index contributed by atoms with van der Waals surface area (Å²) < 4.78 is 12.5. The van der Waals surface area contributed by atoms with Gasteiger partial charge in [-0.3, -0.25) is 19.7 Å². The highest BCUT2D eigenvalue weighted by atomic mass is 16.5. The van der Waals surface area contributed by atoms with Crippen LogP contribution in [-0.4, -0.2) is 40.9 Å². The van der Waals surface area contributed by atoms with Crippen LogP contribution < -0.4 is 14.8 Å². The standard InChI is InChI=1S/C25H26N2O5/c28-23-13-12-20(24(29)26-23)27-15-16-14-18(10-11-19(16)25(27)30)32-22-9-5-4-8-21(22)31-17-6-2-1-3-7-17/h1-3,6-7,10-11,14,20-22H,4-5,8-9,12-13,15H2,(H,26,28,29)/t20?,21-,22+/m1/s1. The Morgan fingerprint density at radius 2 is 1.56 bits per heavy atom. The van der Waals surface area contributed by atoms with Crippen LogP contribution in [0.4, 0.5) is 0 Å². The summed E-state index contributed by atoms with van der Waals surface area (Å²) in [5, 5.41) is 2.33. The number of piperidine rings is 1. The first kappa shape index (κ1) is 20.5. The molecule has 1 N–H and O–H groups in total. The molecule has 3 amide bonds. The first-order valence-corrected chi connectivity index (χ1v) is 11.2. The third kappa shape index (κ3) is 4.07. The number of hydrogen-bond acceptors (Lipinski definition) is 5. The zero-order valence-corrected chi connectivity index (χ0v) is 17.8. The Bertz CT molecular complexity index is 1040. The van der Waals surface area contributed by atoms with Gasteiger partial charge in [0.1, 0.15) is 29.7 Å². The highest BCUT2D eigenvalue weighted by Gasteiger charge is 2.39. The number of rotatable bonds is 5. The molecule has 7 heteroatoms. The Morgan fingerprint density at radius 1 is 0.844 bits per heavy atom. The molecule has 1 aliphatic carbocycles. The van der Waals surface area contributed by atoms with Crippen molar-refractivity contribution >= 4 is 17.7 Å². The van der Waals surface area contributed by atoms with E-state index in [1.165, 1.54) is 0 Å². The molecule has 3 aliphatic rings. The van der Waals surface area contributed by atoms with Gasteiger partial charge in [0.05, 0.1) is 0 Å². The van der Waals surface area contributed by atoms with Gasteiger partial charge in [-0.25, -0.2) is 0 Å². The Kier molecular flexibility index (Phi) is 5.55. The number of amides is 3. The fourth-order valence-corrected chi connectivity index (χ4v) is 4.81. The minimum Gasteiger partial charge on any atom is -0.487 e. The van der Waals surface area contributed by atoms with Crippen molar-refractivity contribution < 1.29 is 23.9 Å². The summed E-state index contributed by atoms with van der Waals surface area (Å²) in [5.74, 6) is 0.680. The van der Waals surface area contributed by atoms with Gasteiger partial charge in [-0.1, -0.05) is 18.2 Å². The van der Waals surface area contributed by atoms with Crippen LogP contribution >= 0.6 is 0 Å².